The molecule has 0 aromatic carbocycles. The summed E-state index contributed by atoms with van der Waals surface area (Å²) in [5.74, 6) is 0.635. The molecule has 0 heterocycles. The number of aliphatic hydroxyl groups excluding tert-OH is 1. The van der Waals surface area contributed by atoms with Crippen LogP contribution < -0.4 is 5.73 Å². The van der Waals surface area contributed by atoms with Crippen molar-refractivity contribution in [2.75, 3.05) is 0 Å². The van der Waals surface area contributed by atoms with Crippen LogP contribution in [0.25, 0.3) is 0 Å². The third-order valence-electron chi connectivity index (χ3n) is 4.69. The number of carbonyl (C=O) groups excluding carboxylic acids is 1. The molecule has 0 fully saturated rings. The number of nitrogens with two attached hydrogens (primary N) is 1. The Morgan fingerprint density at radius 1 is 1.05 bits per heavy atom. The lowest BCUT2D eigenvalue weighted by Crippen LogP contribution is -2.38. The first-order valence-corrected chi connectivity index (χ1v) is 7.91. The van der Waals surface area contributed by atoms with E-state index in [2.05, 4.69) is 27.7 Å². The number of hydrogen-bond acceptors (Lipinski definition) is 2. The fourth-order valence-electron chi connectivity index (χ4n) is 3.52. The number of carbonyl (C=O) groups is 1. The number of primary amides is 1. The van der Waals surface area contributed by atoms with Crippen molar-refractivity contribution < 1.29 is 9.90 Å². The predicted octanol–water partition coefficient (Wildman–Crippen LogP) is 3.35. The molecular formula is C16H33NO2. The zero-order chi connectivity index (χ0) is 15.0. The summed E-state index contributed by atoms with van der Waals surface area (Å²) in [5, 5.41) is 10.2. The van der Waals surface area contributed by atoms with Gasteiger partial charge in [0.15, 0.2) is 0 Å². The van der Waals surface area contributed by atoms with Gasteiger partial charge < -0.3 is 10.8 Å². The third kappa shape index (κ3) is 5.13. The molecule has 5 unspecified atom stereocenters. The van der Waals surface area contributed by atoms with Gasteiger partial charge in [0.05, 0.1) is 6.10 Å². The molecule has 0 rings (SSSR count). The quantitative estimate of drug-likeness (QED) is 0.640. The number of hydrogen-bond donors (Lipinski definition) is 2. The lowest BCUT2D eigenvalue weighted by molar-refractivity contribution is -0.125. The third-order valence-corrected chi connectivity index (χ3v) is 4.69. The minimum absolute atomic E-state index is 0.0527. The van der Waals surface area contributed by atoms with Gasteiger partial charge in [0.2, 0.25) is 5.91 Å². The Hall–Kier alpha value is -0.570. The summed E-state index contributed by atoms with van der Waals surface area (Å²) >= 11 is 0. The van der Waals surface area contributed by atoms with E-state index in [1.54, 1.807) is 0 Å². The zero-order valence-electron chi connectivity index (χ0n) is 13.4. The van der Waals surface area contributed by atoms with E-state index in [-0.39, 0.29) is 29.8 Å². The predicted molar refractivity (Wildman–Crippen MR) is 80.6 cm³/mol. The molecule has 5 atom stereocenters. The van der Waals surface area contributed by atoms with Crippen molar-refractivity contribution in [3.8, 4) is 0 Å². The Labute approximate surface area is 119 Å². The van der Waals surface area contributed by atoms with Crippen molar-refractivity contribution in [2.24, 2.45) is 29.4 Å². The average molecular weight is 271 g/mol. The van der Waals surface area contributed by atoms with Crippen molar-refractivity contribution in [2.45, 2.75) is 72.8 Å². The smallest absolute Gasteiger partial charge is 0.220 e. The van der Waals surface area contributed by atoms with Crippen molar-refractivity contribution in [1.29, 1.82) is 0 Å². The Morgan fingerprint density at radius 3 is 1.89 bits per heavy atom. The summed E-state index contributed by atoms with van der Waals surface area (Å²) in [6.07, 6.45) is 4.23. The molecule has 0 aliphatic rings. The Balaban J connectivity index is 5.02. The van der Waals surface area contributed by atoms with Crippen LogP contribution in [0.3, 0.4) is 0 Å². The monoisotopic (exact) mass is 271 g/mol. The summed E-state index contributed by atoms with van der Waals surface area (Å²) in [7, 11) is 0. The highest BCUT2D eigenvalue weighted by atomic mass is 16.3. The maximum absolute atomic E-state index is 11.7. The fraction of sp³-hybridized carbons (Fsp3) is 0.938. The summed E-state index contributed by atoms with van der Waals surface area (Å²) in [6.45, 7) is 10.5. The fourth-order valence-corrected chi connectivity index (χ4v) is 3.52. The van der Waals surface area contributed by atoms with Crippen molar-refractivity contribution >= 4 is 5.91 Å². The molecule has 19 heavy (non-hydrogen) atoms. The van der Waals surface area contributed by atoms with Crippen molar-refractivity contribution in [1.82, 2.24) is 0 Å². The molecule has 0 bridgehead atoms. The van der Waals surface area contributed by atoms with E-state index < -0.39 is 0 Å². The van der Waals surface area contributed by atoms with E-state index in [1.807, 2.05) is 6.92 Å². The van der Waals surface area contributed by atoms with E-state index in [4.69, 9.17) is 5.73 Å². The van der Waals surface area contributed by atoms with E-state index in [9.17, 15) is 9.90 Å². The normalized spacial score (nSPS) is 19.5. The minimum Gasteiger partial charge on any atom is -0.393 e. The second kappa shape index (κ2) is 9.35. The van der Waals surface area contributed by atoms with E-state index in [0.717, 1.165) is 32.1 Å². The SMILES string of the molecule is CCCC(C(N)=O)C(CC)C(C)C(CC)C(O)CC. The lowest BCUT2D eigenvalue weighted by atomic mass is 9.70. The lowest BCUT2D eigenvalue weighted by Gasteiger charge is -2.36. The Kier molecular flexibility index (Phi) is 9.07. The summed E-state index contributed by atoms with van der Waals surface area (Å²) in [6, 6.07) is 0. The first-order chi connectivity index (χ1) is 8.94. The highest BCUT2D eigenvalue weighted by Crippen LogP contribution is 2.36. The van der Waals surface area contributed by atoms with Crippen LogP contribution in [-0.4, -0.2) is 17.1 Å². The first-order valence-electron chi connectivity index (χ1n) is 7.91. The van der Waals surface area contributed by atoms with Gasteiger partial charge in [-0.2, -0.15) is 0 Å². The van der Waals surface area contributed by atoms with E-state index in [0.29, 0.717) is 5.92 Å². The van der Waals surface area contributed by atoms with Gasteiger partial charge in [-0.25, -0.2) is 0 Å². The second-order valence-electron chi connectivity index (χ2n) is 5.78. The van der Waals surface area contributed by atoms with Gasteiger partial charge >= 0.3 is 0 Å². The highest BCUT2D eigenvalue weighted by molar-refractivity contribution is 5.76. The van der Waals surface area contributed by atoms with Gasteiger partial charge in [-0.1, -0.05) is 53.9 Å². The average Bonchev–Trinajstić information content (AvgIpc) is 2.38. The van der Waals surface area contributed by atoms with Crippen LogP contribution in [0, 0.1) is 23.7 Å². The number of rotatable bonds is 10. The Morgan fingerprint density at radius 2 is 1.58 bits per heavy atom. The maximum atomic E-state index is 11.7. The summed E-state index contributed by atoms with van der Waals surface area (Å²) < 4.78 is 0. The molecule has 0 aromatic heterocycles. The van der Waals surface area contributed by atoms with Gasteiger partial charge in [-0.3, -0.25) is 4.79 Å². The van der Waals surface area contributed by atoms with Gasteiger partial charge in [-0.15, -0.1) is 0 Å². The molecule has 0 aromatic rings. The molecule has 0 spiro atoms. The van der Waals surface area contributed by atoms with Gasteiger partial charge in [-0.05, 0) is 30.6 Å². The Bertz CT molecular complexity index is 255. The van der Waals surface area contributed by atoms with E-state index >= 15 is 0 Å². The number of amides is 1. The molecule has 3 N–H and O–H groups in total. The van der Waals surface area contributed by atoms with Gasteiger partial charge in [0.25, 0.3) is 0 Å². The molecule has 0 saturated heterocycles. The van der Waals surface area contributed by atoms with Crippen molar-refractivity contribution in [3.05, 3.63) is 0 Å². The van der Waals surface area contributed by atoms with Crippen LogP contribution in [0.5, 0.6) is 0 Å². The molecule has 114 valence electrons. The summed E-state index contributed by atoms with van der Waals surface area (Å²) in [5.41, 5.74) is 5.59. The van der Waals surface area contributed by atoms with E-state index in [1.165, 1.54) is 0 Å². The van der Waals surface area contributed by atoms with Crippen LogP contribution in [0.2, 0.25) is 0 Å². The molecule has 0 aliphatic carbocycles. The van der Waals surface area contributed by atoms with Crippen LogP contribution >= 0.6 is 0 Å². The number of aliphatic hydroxyl groups is 1. The standard InChI is InChI=1S/C16H33NO2/c1-6-10-14(16(17)19)12(7-2)11(5)13(8-3)15(18)9-4/h11-15,18H,6-10H2,1-5H3,(H2,17,19). The van der Waals surface area contributed by atoms with Gasteiger partial charge in [0.1, 0.15) is 0 Å². The summed E-state index contributed by atoms with van der Waals surface area (Å²) in [4.78, 5) is 11.7. The second-order valence-corrected chi connectivity index (χ2v) is 5.78. The van der Waals surface area contributed by atoms with Crippen LogP contribution in [0.1, 0.15) is 66.7 Å². The highest BCUT2D eigenvalue weighted by Gasteiger charge is 2.34. The molecule has 3 nitrogen and oxygen atoms in total. The van der Waals surface area contributed by atoms with Crippen LogP contribution in [0.4, 0.5) is 0 Å². The molecular weight excluding hydrogens is 238 g/mol. The molecule has 0 aliphatic heterocycles. The van der Waals surface area contributed by atoms with Crippen LogP contribution in [-0.2, 0) is 4.79 Å². The molecule has 0 saturated carbocycles. The van der Waals surface area contributed by atoms with Crippen molar-refractivity contribution in [3.63, 3.8) is 0 Å². The zero-order valence-corrected chi connectivity index (χ0v) is 13.4. The molecule has 3 heteroatoms. The molecule has 1 amide bonds. The largest absolute Gasteiger partial charge is 0.393 e. The van der Waals surface area contributed by atoms with Crippen LogP contribution in [0.15, 0.2) is 0 Å². The molecule has 0 radical (unpaired) electrons. The maximum Gasteiger partial charge on any atom is 0.220 e. The first kappa shape index (κ1) is 18.4. The minimum atomic E-state index is -0.274. The van der Waals surface area contributed by atoms with Gasteiger partial charge in [0, 0.05) is 5.92 Å². The topological polar surface area (TPSA) is 63.3 Å².